The second-order valence-corrected chi connectivity index (χ2v) is 6.17. The maximum absolute atomic E-state index is 12.2. The van der Waals surface area contributed by atoms with Crippen LogP contribution in [-0.4, -0.2) is 10.9 Å². The summed E-state index contributed by atoms with van der Waals surface area (Å²) < 4.78 is 1.69. The van der Waals surface area contributed by atoms with Crippen molar-refractivity contribution in [1.82, 2.24) is 10.3 Å². The standard InChI is InChI=1S/C14H13Br2N3O/c1-8(9-3-2-4-10(15)5-9)19-14(20)12-6-11(16)7-18-13(12)17/h2-8H,1H3,(H2,17,18)(H,19,20). The van der Waals surface area contributed by atoms with Crippen molar-refractivity contribution in [3.63, 3.8) is 0 Å². The lowest BCUT2D eigenvalue weighted by Gasteiger charge is -2.15. The summed E-state index contributed by atoms with van der Waals surface area (Å²) in [5.41, 5.74) is 7.10. The predicted molar refractivity (Wildman–Crippen MR) is 86.4 cm³/mol. The molecule has 1 amide bonds. The Kier molecular flexibility index (Phi) is 4.77. The van der Waals surface area contributed by atoms with Crippen molar-refractivity contribution < 1.29 is 4.79 Å². The maximum atomic E-state index is 12.2. The minimum atomic E-state index is -0.247. The zero-order valence-corrected chi connectivity index (χ0v) is 13.9. The summed E-state index contributed by atoms with van der Waals surface area (Å²) in [5, 5.41) is 2.91. The normalized spacial score (nSPS) is 11.9. The third-order valence-electron chi connectivity index (χ3n) is 2.83. The number of nitrogens with one attached hydrogen (secondary N) is 1. The van der Waals surface area contributed by atoms with Gasteiger partial charge in [-0.15, -0.1) is 0 Å². The van der Waals surface area contributed by atoms with Gasteiger partial charge in [0.05, 0.1) is 11.6 Å². The molecular formula is C14H13Br2N3O. The lowest BCUT2D eigenvalue weighted by atomic mass is 10.1. The average molecular weight is 399 g/mol. The van der Waals surface area contributed by atoms with Crippen LogP contribution >= 0.6 is 31.9 Å². The lowest BCUT2D eigenvalue weighted by Crippen LogP contribution is -2.27. The van der Waals surface area contributed by atoms with Gasteiger partial charge in [0, 0.05) is 15.1 Å². The van der Waals surface area contributed by atoms with Crippen LogP contribution in [0, 0.1) is 0 Å². The van der Waals surface area contributed by atoms with Crippen LogP contribution in [0.2, 0.25) is 0 Å². The molecule has 104 valence electrons. The molecule has 0 aliphatic carbocycles. The van der Waals surface area contributed by atoms with E-state index in [2.05, 4.69) is 42.2 Å². The van der Waals surface area contributed by atoms with Crippen LogP contribution in [0.3, 0.4) is 0 Å². The van der Waals surface area contributed by atoms with Gasteiger partial charge < -0.3 is 11.1 Å². The Morgan fingerprint density at radius 1 is 1.30 bits per heavy atom. The van der Waals surface area contributed by atoms with Gasteiger partial charge in [-0.1, -0.05) is 28.1 Å². The molecule has 1 aromatic carbocycles. The SMILES string of the molecule is CC(NC(=O)c1cc(Br)cnc1N)c1cccc(Br)c1. The van der Waals surface area contributed by atoms with E-state index in [1.807, 2.05) is 31.2 Å². The molecule has 3 N–H and O–H groups in total. The maximum Gasteiger partial charge on any atom is 0.255 e. The number of nitrogens with zero attached hydrogens (tertiary/aromatic N) is 1. The van der Waals surface area contributed by atoms with Crippen molar-refractivity contribution in [2.45, 2.75) is 13.0 Å². The Morgan fingerprint density at radius 2 is 2.05 bits per heavy atom. The first-order valence-corrected chi connectivity index (χ1v) is 7.53. The number of halogens is 2. The highest BCUT2D eigenvalue weighted by molar-refractivity contribution is 9.10. The Morgan fingerprint density at radius 3 is 2.75 bits per heavy atom. The number of aromatic nitrogens is 1. The van der Waals surface area contributed by atoms with E-state index in [9.17, 15) is 4.79 Å². The molecule has 0 bridgehead atoms. The number of rotatable bonds is 3. The third kappa shape index (κ3) is 3.58. The Bertz CT molecular complexity index is 646. The molecule has 0 radical (unpaired) electrons. The summed E-state index contributed by atoms with van der Waals surface area (Å²) in [6, 6.07) is 9.32. The van der Waals surface area contributed by atoms with Crippen LogP contribution in [0.25, 0.3) is 0 Å². The molecule has 1 atom stereocenters. The fourth-order valence-corrected chi connectivity index (χ4v) is 2.51. The minimum absolute atomic E-state index is 0.126. The van der Waals surface area contributed by atoms with Gasteiger partial charge in [0.1, 0.15) is 5.82 Å². The van der Waals surface area contributed by atoms with Gasteiger partial charge in [-0.25, -0.2) is 4.98 Å². The van der Waals surface area contributed by atoms with Gasteiger partial charge in [0.15, 0.2) is 0 Å². The molecule has 20 heavy (non-hydrogen) atoms. The molecule has 2 aromatic rings. The highest BCUT2D eigenvalue weighted by Gasteiger charge is 2.15. The van der Waals surface area contributed by atoms with Crippen LogP contribution in [0.1, 0.15) is 28.9 Å². The fourth-order valence-electron chi connectivity index (χ4n) is 1.77. The van der Waals surface area contributed by atoms with Crippen molar-refractivity contribution in [3.05, 3.63) is 56.6 Å². The molecule has 0 saturated carbocycles. The zero-order chi connectivity index (χ0) is 14.7. The van der Waals surface area contributed by atoms with Crippen LogP contribution in [0.15, 0.2) is 45.5 Å². The van der Waals surface area contributed by atoms with Gasteiger partial charge >= 0.3 is 0 Å². The van der Waals surface area contributed by atoms with Crippen molar-refractivity contribution in [3.8, 4) is 0 Å². The number of nitrogen functional groups attached to an aromatic ring is 1. The lowest BCUT2D eigenvalue weighted by molar-refractivity contribution is 0.0940. The summed E-state index contributed by atoms with van der Waals surface area (Å²) in [6.45, 7) is 1.92. The molecule has 4 nitrogen and oxygen atoms in total. The van der Waals surface area contributed by atoms with Crippen LogP contribution in [-0.2, 0) is 0 Å². The predicted octanol–water partition coefficient (Wildman–Crippen LogP) is 3.68. The Labute approximate surface area is 134 Å². The molecule has 1 heterocycles. The van der Waals surface area contributed by atoms with Crippen molar-refractivity contribution in [2.24, 2.45) is 0 Å². The quantitative estimate of drug-likeness (QED) is 0.828. The van der Waals surface area contributed by atoms with E-state index in [1.54, 1.807) is 12.3 Å². The van der Waals surface area contributed by atoms with E-state index < -0.39 is 0 Å². The fraction of sp³-hybridized carbons (Fsp3) is 0.143. The highest BCUT2D eigenvalue weighted by Crippen LogP contribution is 2.20. The van der Waals surface area contributed by atoms with Gasteiger partial charge in [-0.2, -0.15) is 0 Å². The molecule has 0 aliphatic rings. The number of carbonyl (C=O) groups excluding carboxylic acids is 1. The smallest absolute Gasteiger partial charge is 0.255 e. The first-order chi connectivity index (χ1) is 9.47. The first kappa shape index (κ1) is 15.0. The molecule has 6 heteroatoms. The second kappa shape index (κ2) is 6.37. The molecule has 0 aliphatic heterocycles. The van der Waals surface area contributed by atoms with E-state index in [4.69, 9.17) is 5.73 Å². The molecule has 0 fully saturated rings. The van der Waals surface area contributed by atoms with Gasteiger partial charge in [-0.05, 0) is 46.6 Å². The number of benzene rings is 1. The highest BCUT2D eigenvalue weighted by atomic mass is 79.9. The van der Waals surface area contributed by atoms with Gasteiger partial charge in [-0.3, -0.25) is 4.79 Å². The number of amides is 1. The monoisotopic (exact) mass is 397 g/mol. The molecule has 1 unspecified atom stereocenters. The van der Waals surface area contributed by atoms with E-state index in [-0.39, 0.29) is 17.8 Å². The van der Waals surface area contributed by atoms with Gasteiger partial charge in [0.25, 0.3) is 5.91 Å². The minimum Gasteiger partial charge on any atom is -0.383 e. The van der Waals surface area contributed by atoms with E-state index >= 15 is 0 Å². The number of anilines is 1. The topological polar surface area (TPSA) is 68.0 Å². The Hall–Kier alpha value is -1.40. The molecule has 2 rings (SSSR count). The summed E-state index contributed by atoms with van der Waals surface area (Å²) in [5.74, 6) is -0.0316. The van der Waals surface area contributed by atoms with Crippen molar-refractivity contribution in [1.29, 1.82) is 0 Å². The second-order valence-electron chi connectivity index (χ2n) is 4.34. The number of carbonyl (C=O) groups is 1. The molecule has 0 spiro atoms. The molecule has 0 saturated heterocycles. The van der Waals surface area contributed by atoms with E-state index in [0.717, 1.165) is 10.0 Å². The van der Waals surface area contributed by atoms with Crippen molar-refractivity contribution in [2.75, 3.05) is 5.73 Å². The van der Waals surface area contributed by atoms with Crippen LogP contribution in [0.4, 0.5) is 5.82 Å². The summed E-state index contributed by atoms with van der Waals surface area (Å²) in [4.78, 5) is 16.2. The number of pyridine rings is 1. The average Bonchev–Trinajstić information content (AvgIpc) is 2.41. The Balaban J connectivity index is 2.17. The summed E-state index contributed by atoms with van der Waals surface area (Å²) in [6.07, 6.45) is 1.56. The molecular weight excluding hydrogens is 386 g/mol. The van der Waals surface area contributed by atoms with Crippen LogP contribution < -0.4 is 11.1 Å². The number of hydrogen-bond donors (Lipinski definition) is 2. The van der Waals surface area contributed by atoms with Crippen LogP contribution in [0.5, 0.6) is 0 Å². The van der Waals surface area contributed by atoms with Gasteiger partial charge in [0.2, 0.25) is 0 Å². The molecule has 1 aromatic heterocycles. The van der Waals surface area contributed by atoms with E-state index in [1.165, 1.54) is 0 Å². The largest absolute Gasteiger partial charge is 0.383 e. The first-order valence-electron chi connectivity index (χ1n) is 5.94. The number of hydrogen-bond acceptors (Lipinski definition) is 3. The zero-order valence-electron chi connectivity index (χ0n) is 10.7. The van der Waals surface area contributed by atoms with E-state index in [0.29, 0.717) is 10.0 Å². The summed E-state index contributed by atoms with van der Waals surface area (Å²) >= 11 is 6.69. The number of nitrogens with two attached hydrogens (primary N) is 1. The van der Waals surface area contributed by atoms with Crippen molar-refractivity contribution >= 4 is 43.6 Å². The third-order valence-corrected chi connectivity index (χ3v) is 3.75. The summed E-state index contributed by atoms with van der Waals surface area (Å²) in [7, 11) is 0.